The Balaban J connectivity index is 0.942. The number of benzene rings is 12. The molecule has 1 aromatic heterocycles. The summed E-state index contributed by atoms with van der Waals surface area (Å²) in [5.41, 5.74) is 25.0. The lowest BCUT2D eigenvalue weighted by Crippen LogP contribution is -2.29. The van der Waals surface area contributed by atoms with E-state index in [1.165, 1.54) is 88.7 Å². The Kier molecular flexibility index (Phi) is 11.8. The molecule has 0 saturated heterocycles. The first-order chi connectivity index (χ1) is 39.0. The molecule has 79 heavy (non-hydrogen) atoms. The van der Waals surface area contributed by atoms with E-state index in [2.05, 4.69) is 314 Å². The first kappa shape index (κ1) is 47.2. The minimum atomic E-state index is -0.675. The van der Waals surface area contributed by atoms with Gasteiger partial charge >= 0.3 is 0 Å². The van der Waals surface area contributed by atoms with E-state index in [9.17, 15) is 0 Å². The number of hydrogen-bond donors (Lipinski definition) is 0. The number of aromatic nitrogens is 1. The third-order valence-electron chi connectivity index (χ3n) is 16.2. The molecule has 372 valence electrons. The summed E-state index contributed by atoms with van der Waals surface area (Å²) in [4.78, 5) is 2.40. The van der Waals surface area contributed by atoms with Gasteiger partial charge in [0.2, 0.25) is 0 Å². The summed E-state index contributed by atoms with van der Waals surface area (Å²) in [5.74, 6) is 0. The van der Waals surface area contributed by atoms with Crippen LogP contribution in [0.25, 0.3) is 95.3 Å². The maximum Gasteiger partial charge on any atom is 0.0715 e. The minimum absolute atomic E-state index is 0.675. The zero-order valence-corrected chi connectivity index (χ0v) is 43.7. The van der Waals surface area contributed by atoms with Crippen LogP contribution in [0, 0.1) is 0 Å². The highest BCUT2D eigenvalue weighted by atomic mass is 15.1. The van der Waals surface area contributed by atoms with Gasteiger partial charge in [-0.3, -0.25) is 0 Å². The third kappa shape index (κ3) is 8.13. The first-order valence-electron chi connectivity index (χ1n) is 27.1. The van der Waals surface area contributed by atoms with Gasteiger partial charge in [-0.25, -0.2) is 0 Å². The van der Waals surface area contributed by atoms with E-state index in [0.29, 0.717) is 0 Å². The Morgan fingerprint density at radius 1 is 0.304 bits per heavy atom. The summed E-state index contributed by atoms with van der Waals surface area (Å²) >= 11 is 0. The predicted octanol–water partition coefficient (Wildman–Crippen LogP) is 20.6. The molecule has 2 heteroatoms. The van der Waals surface area contributed by atoms with Crippen molar-refractivity contribution in [3.8, 4) is 61.3 Å². The molecular formula is C77H54N2. The lowest BCUT2D eigenvalue weighted by Gasteiger charge is -2.35. The molecule has 0 bridgehead atoms. The zero-order chi connectivity index (χ0) is 52.9. The summed E-state index contributed by atoms with van der Waals surface area (Å²) in [6, 6.07) is 107. The summed E-state index contributed by atoms with van der Waals surface area (Å²) in [5, 5.41) is 2.40. The predicted molar refractivity (Wildman–Crippen MR) is 335 cm³/mol. The van der Waals surface area contributed by atoms with Gasteiger partial charge in [-0.15, -0.1) is 0 Å². The van der Waals surface area contributed by atoms with Crippen molar-refractivity contribution in [2.24, 2.45) is 0 Å². The molecule has 0 unspecified atom stereocenters. The van der Waals surface area contributed by atoms with Crippen LogP contribution in [0.15, 0.2) is 304 Å². The van der Waals surface area contributed by atoms with Crippen LogP contribution in [-0.4, -0.2) is 4.57 Å². The van der Waals surface area contributed by atoms with Crippen LogP contribution in [0.2, 0.25) is 0 Å². The van der Waals surface area contributed by atoms with E-state index in [-0.39, 0.29) is 0 Å². The maximum atomic E-state index is 4.00. The van der Waals surface area contributed by atoms with E-state index >= 15 is 0 Å². The summed E-state index contributed by atoms with van der Waals surface area (Å²) in [7, 11) is 0. The van der Waals surface area contributed by atoms with Crippen molar-refractivity contribution in [3.63, 3.8) is 0 Å². The van der Waals surface area contributed by atoms with Gasteiger partial charge in [0.1, 0.15) is 0 Å². The number of fused-ring (bicyclic) bond motifs is 6. The van der Waals surface area contributed by atoms with Crippen LogP contribution in [0.3, 0.4) is 0 Å². The maximum absolute atomic E-state index is 4.00. The fourth-order valence-electron chi connectivity index (χ4n) is 12.3. The highest BCUT2D eigenvalue weighted by Gasteiger charge is 2.47. The average Bonchev–Trinajstić information content (AvgIpc) is 4.25. The summed E-state index contributed by atoms with van der Waals surface area (Å²) < 4.78 is 2.48. The Morgan fingerprint density at radius 3 is 1.16 bits per heavy atom. The second kappa shape index (κ2) is 19.7. The first-order valence-corrected chi connectivity index (χ1v) is 27.1. The van der Waals surface area contributed by atoms with Gasteiger partial charge < -0.3 is 9.47 Å². The highest BCUT2D eigenvalue weighted by molar-refractivity contribution is 6.12. The standard InChI is InChI=1S/C77H54N2/c1-3-53-25-29-59(30-26-53)61-39-47-75-71(49-61)72-50-62(60-31-27-54(4-2)28-32-60)40-48-76(72)79(75)68-44-46-70-69-45-43-67(51-73(69)77(74(70)52-68,63-19-11-6-12-20-63)64-21-13-7-14-22-64)78(65-23-15-8-16-24-65)66-41-37-58(38-42-66)57-35-33-56(34-36-57)55-17-9-5-10-18-55/h3-52H,1-2H2. The van der Waals surface area contributed by atoms with Crippen LogP contribution in [0.1, 0.15) is 33.4 Å². The number of anilines is 3. The van der Waals surface area contributed by atoms with Gasteiger partial charge in [-0.05, 0) is 162 Å². The molecule has 0 radical (unpaired) electrons. The molecule has 1 aliphatic carbocycles. The molecule has 0 fully saturated rings. The molecule has 13 aromatic rings. The van der Waals surface area contributed by atoms with Crippen LogP contribution < -0.4 is 4.90 Å². The lowest BCUT2D eigenvalue weighted by molar-refractivity contribution is 0.767. The van der Waals surface area contributed by atoms with E-state index in [1.54, 1.807) is 0 Å². The topological polar surface area (TPSA) is 8.17 Å². The van der Waals surface area contributed by atoms with Crippen LogP contribution in [0.5, 0.6) is 0 Å². The van der Waals surface area contributed by atoms with Gasteiger partial charge in [-0.1, -0.05) is 244 Å². The monoisotopic (exact) mass is 1010 g/mol. The molecule has 0 amide bonds. The smallest absolute Gasteiger partial charge is 0.0715 e. The Bertz CT molecular complexity index is 4240. The fraction of sp³-hybridized carbons (Fsp3) is 0.0130. The van der Waals surface area contributed by atoms with E-state index in [0.717, 1.165) is 44.9 Å². The SMILES string of the molecule is C=Cc1ccc(-c2ccc3c(c2)c2cc(-c4ccc(C=C)cc4)ccc2n3-c2ccc3c(c2)C(c2ccccc2)(c2ccccc2)c2cc(N(c4ccccc4)c4ccc(-c5ccc(-c6ccccc6)cc5)cc4)ccc2-3)cc1. The van der Waals surface area contributed by atoms with Crippen LogP contribution in [0.4, 0.5) is 17.1 Å². The third-order valence-corrected chi connectivity index (χ3v) is 16.2. The van der Waals surface area contributed by atoms with Crippen molar-refractivity contribution in [2.75, 3.05) is 4.90 Å². The van der Waals surface area contributed by atoms with E-state index in [4.69, 9.17) is 0 Å². The van der Waals surface area contributed by atoms with Crippen molar-refractivity contribution in [3.05, 3.63) is 338 Å². The number of hydrogen-bond acceptors (Lipinski definition) is 1. The van der Waals surface area contributed by atoms with E-state index < -0.39 is 5.41 Å². The Hall–Kier alpha value is -10.3. The van der Waals surface area contributed by atoms with Gasteiger partial charge in [0.05, 0.1) is 16.4 Å². The van der Waals surface area contributed by atoms with E-state index in [1.807, 2.05) is 12.2 Å². The molecule has 2 nitrogen and oxygen atoms in total. The van der Waals surface area contributed by atoms with Crippen molar-refractivity contribution in [2.45, 2.75) is 5.41 Å². The molecule has 1 heterocycles. The van der Waals surface area contributed by atoms with Gasteiger partial charge in [0.15, 0.2) is 0 Å². The molecule has 0 saturated carbocycles. The molecule has 0 atom stereocenters. The Morgan fingerprint density at radius 2 is 0.671 bits per heavy atom. The highest BCUT2D eigenvalue weighted by Crippen LogP contribution is 2.58. The van der Waals surface area contributed by atoms with Crippen molar-refractivity contribution >= 4 is 51.0 Å². The lowest BCUT2D eigenvalue weighted by atomic mass is 9.67. The number of para-hydroxylation sites is 1. The molecule has 0 N–H and O–H groups in total. The average molecular weight is 1010 g/mol. The normalized spacial score (nSPS) is 12.3. The Labute approximate surface area is 462 Å². The van der Waals surface area contributed by atoms with Crippen molar-refractivity contribution in [1.29, 1.82) is 0 Å². The molecule has 1 aliphatic rings. The molecular weight excluding hydrogens is 953 g/mol. The van der Waals surface area contributed by atoms with Crippen LogP contribution >= 0.6 is 0 Å². The molecule has 12 aromatic carbocycles. The molecule has 0 spiro atoms. The van der Waals surface area contributed by atoms with Gasteiger partial charge in [0, 0.05) is 33.5 Å². The van der Waals surface area contributed by atoms with Crippen LogP contribution in [-0.2, 0) is 5.41 Å². The quantitative estimate of drug-likeness (QED) is 0.118. The number of nitrogens with zero attached hydrogens (tertiary/aromatic N) is 2. The summed E-state index contributed by atoms with van der Waals surface area (Å²) in [6.07, 6.45) is 3.79. The second-order valence-electron chi connectivity index (χ2n) is 20.6. The second-order valence-corrected chi connectivity index (χ2v) is 20.6. The summed E-state index contributed by atoms with van der Waals surface area (Å²) in [6.45, 7) is 8.00. The van der Waals surface area contributed by atoms with Gasteiger partial charge in [0.25, 0.3) is 0 Å². The largest absolute Gasteiger partial charge is 0.310 e. The van der Waals surface area contributed by atoms with Crippen molar-refractivity contribution < 1.29 is 0 Å². The fourth-order valence-corrected chi connectivity index (χ4v) is 12.3. The molecule has 14 rings (SSSR count). The molecule has 0 aliphatic heterocycles. The van der Waals surface area contributed by atoms with Gasteiger partial charge in [-0.2, -0.15) is 0 Å². The minimum Gasteiger partial charge on any atom is -0.310 e. The number of rotatable bonds is 12. The zero-order valence-electron chi connectivity index (χ0n) is 43.7. The van der Waals surface area contributed by atoms with Crippen molar-refractivity contribution in [1.82, 2.24) is 4.57 Å².